The van der Waals surface area contributed by atoms with Crippen molar-refractivity contribution in [1.29, 1.82) is 0 Å². The van der Waals surface area contributed by atoms with E-state index < -0.39 is 0 Å². The predicted molar refractivity (Wildman–Crippen MR) is 85.5 cm³/mol. The van der Waals surface area contributed by atoms with Gasteiger partial charge in [0, 0.05) is 13.1 Å². The van der Waals surface area contributed by atoms with E-state index in [0.29, 0.717) is 31.1 Å². The second-order valence-corrected chi connectivity index (χ2v) is 4.88. The molecule has 0 saturated carbocycles. The Balaban J connectivity index is 0.00000220. The summed E-state index contributed by atoms with van der Waals surface area (Å²) in [6.07, 6.45) is 0.302. The third-order valence-electron chi connectivity index (χ3n) is 3.13. The highest BCUT2D eigenvalue weighted by molar-refractivity contribution is 5.92. The maximum Gasteiger partial charge on any atom is 0.227 e. The summed E-state index contributed by atoms with van der Waals surface area (Å²) < 4.78 is 11.1. The topological polar surface area (TPSA) is 59.6 Å². The summed E-state index contributed by atoms with van der Waals surface area (Å²) in [5.74, 6) is 0.659. The van der Waals surface area contributed by atoms with Crippen LogP contribution in [0.5, 0.6) is 5.75 Å². The Kier molecular flexibility index (Phi) is 7.50. The molecule has 1 saturated heterocycles. The van der Waals surface area contributed by atoms with Crippen molar-refractivity contribution >= 4 is 24.0 Å². The number of hydrogen-bond donors (Lipinski definition) is 2. The van der Waals surface area contributed by atoms with E-state index in [1.54, 1.807) is 0 Å². The summed E-state index contributed by atoms with van der Waals surface area (Å²) in [4.78, 5) is 12.0. The number of hydrogen-bond acceptors (Lipinski definition) is 4. The molecule has 0 aliphatic carbocycles. The average molecular weight is 315 g/mol. The fourth-order valence-corrected chi connectivity index (χ4v) is 2.17. The van der Waals surface area contributed by atoms with Gasteiger partial charge in [0.2, 0.25) is 5.91 Å². The molecule has 5 nitrogen and oxygen atoms in total. The summed E-state index contributed by atoms with van der Waals surface area (Å²) in [6, 6.07) is 5.76. The second-order valence-electron chi connectivity index (χ2n) is 4.88. The lowest BCUT2D eigenvalue weighted by Gasteiger charge is -2.23. The molecule has 1 aromatic carbocycles. The molecule has 1 aromatic rings. The van der Waals surface area contributed by atoms with E-state index in [1.807, 2.05) is 32.0 Å². The molecule has 1 heterocycles. The van der Waals surface area contributed by atoms with Crippen LogP contribution in [-0.4, -0.2) is 38.3 Å². The first-order chi connectivity index (χ1) is 9.69. The zero-order valence-electron chi connectivity index (χ0n) is 12.5. The number of halogens is 1. The summed E-state index contributed by atoms with van der Waals surface area (Å²) >= 11 is 0. The second kappa shape index (κ2) is 8.87. The molecule has 0 bridgehead atoms. The maximum absolute atomic E-state index is 12.0. The Labute approximate surface area is 131 Å². The lowest BCUT2D eigenvalue weighted by atomic mass is 10.2. The molecule has 6 heteroatoms. The van der Waals surface area contributed by atoms with Gasteiger partial charge in [0.05, 0.1) is 31.4 Å². The SMILES string of the molecule is CCOc1cc(C)ccc1NC(=O)CC1CNCCO1.Cl. The quantitative estimate of drug-likeness (QED) is 0.874. The van der Waals surface area contributed by atoms with Gasteiger partial charge in [0.1, 0.15) is 5.75 Å². The highest BCUT2D eigenvalue weighted by Crippen LogP contribution is 2.26. The van der Waals surface area contributed by atoms with E-state index >= 15 is 0 Å². The molecular weight excluding hydrogens is 292 g/mol. The molecule has 2 rings (SSSR count). The van der Waals surface area contributed by atoms with Crippen LogP contribution < -0.4 is 15.4 Å². The highest BCUT2D eigenvalue weighted by Gasteiger charge is 2.18. The number of morpholine rings is 1. The molecule has 1 atom stereocenters. The largest absolute Gasteiger partial charge is 0.492 e. The molecule has 0 radical (unpaired) electrons. The number of carbonyl (C=O) groups excluding carboxylic acids is 1. The standard InChI is InChI=1S/C15H22N2O3.ClH/c1-3-19-14-8-11(2)4-5-13(14)17-15(18)9-12-10-16-6-7-20-12;/h4-5,8,12,16H,3,6-7,9-10H2,1-2H3,(H,17,18);1H. The molecular formula is C15H23ClN2O3. The summed E-state index contributed by atoms with van der Waals surface area (Å²) in [5, 5.41) is 6.11. The highest BCUT2D eigenvalue weighted by atomic mass is 35.5. The van der Waals surface area contributed by atoms with E-state index in [1.165, 1.54) is 0 Å². The molecule has 21 heavy (non-hydrogen) atoms. The van der Waals surface area contributed by atoms with Gasteiger partial charge in [-0.25, -0.2) is 0 Å². The van der Waals surface area contributed by atoms with Crippen LogP contribution in [0, 0.1) is 6.92 Å². The Morgan fingerprint density at radius 2 is 2.33 bits per heavy atom. The van der Waals surface area contributed by atoms with Gasteiger partial charge in [-0.15, -0.1) is 12.4 Å². The smallest absolute Gasteiger partial charge is 0.227 e. The van der Waals surface area contributed by atoms with Gasteiger partial charge in [-0.3, -0.25) is 4.79 Å². The predicted octanol–water partition coefficient (Wildman–Crippen LogP) is 2.13. The lowest BCUT2D eigenvalue weighted by Crippen LogP contribution is -2.40. The van der Waals surface area contributed by atoms with Gasteiger partial charge >= 0.3 is 0 Å². The first-order valence-corrected chi connectivity index (χ1v) is 7.04. The Hall–Kier alpha value is -1.30. The first kappa shape index (κ1) is 17.8. The molecule has 0 aromatic heterocycles. The van der Waals surface area contributed by atoms with Gasteiger partial charge in [-0.2, -0.15) is 0 Å². The Morgan fingerprint density at radius 1 is 1.52 bits per heavy atom. The fraction of sp³-hybridized carbons (Fsp3) is 0.533. The zero-order valence-corrected chi connectivity index (χ0v) is 13.3. The summed E-state index contributed by atoms with van der Waals surface area (Å²) in [5.41, 5.74) is 1.82. The van der Waals surface area contributed by atoms with Crippen molar-refractivity contribution in [3.8, 4) is 5.75 Å². The van der Waals surface area contributed by atoms with Crippen LogP contribution in [-0.2, 0) is 9.53 Å². The number of ether oxygens (including phenoxy) is 2. The summed E-state index contributed by atoms with van der Waals surface area (Å²) in [7, 11) is 0. The van der Waals surface area contributed by atoms with E-state index in [0.717, 1.165) is 18.7 Å². The number of aryl methyl sites for hydroxylation is 1. The van der Waals surface area contributed by atoms with Crippen LogP contribution in [0.3, 0.4) is 0 Å². The maximum atomic E-state index is 12.0. The summed E-state index contributed by atoms with van der Waals surface area (Å²) in [6.45, 7) is 6.73. The van der Waals surface area contributed by atoms with Gasteiger partial charge in [0.15, 0.2) is 0 Å². The van der Waals surface area contributed by atoms with Crippen molar-refractivity contribution in [2.24, 2.45) is 0 Å². The van der Waals surface area contributed by atoms with Crippen LogP contribution in [0.1, 0.15) is 18.9 Å². The molecule has 1 aliphatic heterocycles. The Bertz CT molecular complexity index is 462. The molecule has 1 fully saturated rings. The van der Waals surface area contributed by atoms with Gasteiger partial charge in [-0.05, 0) is 31.5 Å². The van der Waals surface area contributed by atoms with Gasteiger partial charge in [0.25, 0.3) is 0 Å². The van der Waals surface area contributed by atoms with Crippen molar-refractivity contribution in [1.82, 2.24) is 5.32 Å². The van der Waals surface area contributed by atoms with Crippen molar-refractivity contribution in [2.45, 2.75) is 26.4 Å². The van der Waals surface area contributed by atoms with Crippen LogP contribution in [0.25, 0.3) is 0 Å². The van der Waals surface area contributed by atoms with Crippen LogP contribution in [0.4, 0.5) is 5.69 Å². The minimum absolute atomic E-state index is 0. The molecule has 118 valence electrons. The van der Waals surface area contributed by atoms with Crippen molar-refractivity contribution < 1.29 is 14.3 Å². The van der Waals surface area contributed by atoms with Gasteiger partial charge in [-0.1, -0.05) is 6.07 Å². The van der Waals surface area contributed by atoms with Crippen LogP contribution in [0.2, 0.25) is 0 Å². The van der Waals surface area contributed by atoms with Crippen molar-refractivity contribution in [2.75, 3.05) is 31.6 Å². The average Bonchev–Trinajstić information content (AvgIpc) is 2.43. The van der Waals surface area contributed by atoms with Crippen molar-refractivity contribution in [3.05, 3.63) is 23.8 Å². The number of rotatable bonds is 5. The van der Waals surface area contributed by atoms with Crippen molar-refractivity contribution in [3.63, 3.8) is 0 Å². The normalized spacial score (nSPS) is 17.7. The third-order valence-corrected chi connectivity index (χ3v) is 3.13. The lowest BCUT2D eigenvalue weighted by molar-refractivity contribution is -0.119. The first-order valence-electron chi connectivity index (χ1n) is 7.04. The minimum Gasteiger partial charge on any atom is -0.492 e. The number of benzene rings is 1. The number of anilines is 1. The number of carbonyl (C=O) groups is 1. The molecule has 0 spiro atoms. The third kappa shape index (κ3) is 5.53. The molecule has 2 N–H and O–H groups in total. The van der Waals surface area contributed by atoms with E-state index in [4.69, 9.17) is 9.47 Å². The molecule has 1 aliphatic rings. The molecule has 1 amide bonds. The fourth-order valence-electron chi connectivity index (χ4n) is 2.17. The van der Waals surface area contributed by atoms with Crippen LogP contribution >= 0.6 is 12.4 Å². The number of amides is 1. The Morgan fingerprint density at radius 3 is 3.00 bits per heavy atom. The number of nitrogens with one attached hydrogen (secondary N) is 2. The zero-order chi connectivity index (χ0) is 14.4. The van der Waals surface area contributed by atoms with Gasteiger partial charge < -0.3 is 20.1 Å². The van der Waals surface area contributed by atoms with E-state index in [9.17, 15) is 4.79 Å². The molecule has 1 unspecified atom stereocenters. The van der Waals surface area contributed by atoms with E-state index in [2.05, 4.69) is 10.6 Å². The van der Waals surface area contributed by atoms with E-state index in [-0.39, 0.29) is 24.4 Å². The monoisotopic (exact) mass is 314 g/mol. The minimum atomic E-state index is -0.0523. The van der Waals surface area contributed by atoms with Crippen LogP contribution in [0.15, 0.2) is 18.2 Å².